The van der Waals surface area contributed by atoms with E-state index in [2.05, 4.69) is 20.9 Å². The first-order valence-corrected chi connectivity index (χ1v) is 11.9. The second kappa shape index (κ2) is 9.02. The Morgan fingerprint density at radius 3 is 2.44 bits per heavy atom. The molecule has 1 fully saturated rings. The summed E-state index contributed by atoms with van der Waals surface area (Å²) in [5.41, 5.74) is 4.94. The Balaban J connectivity index is 1.72. The van der Waals surface area contributed by atoms with Crippen molar-refractivity contribution in [2.45, 2.75) is 25.9 Å². The standard InChI is InChI=1S/C26H21Cl2FN4S/c1-15-14-17(16(2)32(15)22-12-7-8-18(27)23(22)28)25-24(20-10-5-6-13-30-20)31-26(34)33(25)21-11-4-3-9-19(21)29/h3-14,24-25H,1-2H3,(H,31,34)/t24-,25-/m1/s1. The molecule has 0 aliphatic carbocycles. The van der Waals surface area contributed by atoms with Crippen LogP contribution in [0.15, 0.2) is 72.9 Å². The molecule has 172 valence electrons. The smallest absolute Gasteiger partial charge is 0.174 e. The van der Waals surface area contributed by atoms with Gasteiger partial charge in [0.25, 0.3) is 0 Å². The topological polar surface area (TPSA) is 33.1 Å². The van der Waals surface area contributed by atoms with Gasteiger partial charge in [-0.05, 0) is 74.1 Å². The third kappa shape index (κ3) is 3.76. The highest BCUT2D eigenvalue weighted by Gasteiger charge is 2.43. The maximum Gasteiger partial charge on any atom is 0.174 e. The molecule has 1 aliphatic heterocycles. The number of thiocarbonyl (C=S) groups is 1. The third-order valence-electron chi connectivity index (χ3n) is 6.17. The first-order valence-electron chi connectivity index (χ1n) is 10.8. The number of nitrogens with zero attached hydrogens (tertiary/aromatic N) is 3. The minimum absolute atomic E-state index is 0.280. The fraction of sp³-hybridized carbons (Fsp3) is 0.154. The molecule has 0 spiro atoms. The van der Waals surface area contributed by atoms with Gasteiger partial charge >= 0.3 is 0 Å². The molecule has 8 heteroatoms. The zero-order chi connectivity index (χ0) is 24.0. The Bertz CT molecular complexity index is 1390. The number of benzene rings is 2. The molecule has 0 saturated carbocycles. The lowest BCUT2D eigenvalue weighted by molar-refractivity contribution is 0.556. The molecule has 0 unspecified atom stereocenters. The van der Waals surface area contributed by atoms with Gasteiger partial charge in [-0.2, -0.15) is 0 Å². The minimum atomic E-state index is -0.343. The van der Waals surface area contributed by atoms with E-state index in [0.717, 1.165) is 28.3 Å². The van der Waals surface area contributed by atoms with E-state index in [4.69, 9.17) is 35.4 Å². The summed E-state index contributed by atoms with van der Waals surface area (Å²) in [6.07, 6.45) is 1.75. The molecule has 0 amide bonds. The number of pyridine rings is 1. The lowest BCUT2D eigenvalue weighted by atomic mass is 9.96. The van der Waals surface area contributed by atoms with Gasteiger partial charge in [-0.3, -0.25) is 4.98 Å². The Kier molecular flexibility index (Phi) is 6.06. The zero-order valence-corrected chi connectivity index (χ0v) is 20.8. The van der Waals surface area contributed by atoms with Crippen molar-refractivity contribution in [2.75, 3.05) is 4.90 Å². The van der Waals surface area contributed by atoms with Gasteiger partial charge in [-0.1, -0.05) is 47.5 Å². The zero-order valence-electron chi connectivity index (χ0n) is 18.5. The van der Waals surface area contributed by atoms with Crippen LogP contribution in [-0.2, 0) is 0 Å². The van der Waals surface area contributed by atoms with Gasteiger partial charge < -0.3 is 14.8 Å². The van der Waals surface area contributed by atoms with Crippen molar-refractivity contribution >= 4 is 46.2 Å². The summed E-state index contributed by atoms with van der Waals surface area (Å²) in [7, 11) is 0. The van der Waals surface area contributed by atoms with Crippen LogP contribution in [0.3, 0.4) is 0 Å². The molecule has 1 saturated heterocycles. The van der Waals surface area contributed by atoms with Crippen molar-refractivity contribution in [1.82, 2.24) is 14.9 Å². The van der Waals surface area contributed by atoms with Gasteiger partial charge in [0.15, 0.2) is 5.11 Å². The Morgan fingerprint density at radius 1 is 0.971 bits per heavy atom. The van der Waals surface area contributed by atoms with Gasteiger partial charge in [0.1, 0.15) is 5.82 Å². The maximum atomic E-state index is 15.0. The molecule has 2 aromatic carbocycles. The number of para-hydroxylation sites is 1. The highest BCUT2D eigenvalue weighted by molar-refractivity contribution is 7.80. The molecule has 4 nitrogen and oxygen atoms in total. The van der Waals surface area contributed by atoms with Crippen molar-refractivity contribution in [3.63, 3.8) is 0 Å². The predicted molar refractivity (Wildman–Crippen MR) is 140 cm³/mol. The van der Waals surface area contributed by atoms with Crippen LogP contribution in [0.5, 0.6) is 0 Å². The van der Waals surface area contributed by atoms with E-state index in [1.807, 2.05) is 49.1 Å². The van der Waals surface area contributed by atoms with Crippen molar-refractivity contribution in [1.29, 1.82) is 0 Å². The molecule has 2 aromatic heterocycles. The number of halogens is 3. The highest BCUT2D eigenvalue weighted by Crippen LogP contribution is 2.44. The van der Waals surface area contributed by atoms with Gasteiger partial charge in [-0.25, -0.2) is 4.39 Å². The largest absolute Gasteiger partial charge is 0.351 e. The summed E-state index contributed by atoms with van der Waals surface area (Å²) in [6.45, 7) is 4.04. The second-order valence-electron chi connectivity index (χ2n) is 8.18. The lowest BCUT2D eigenvalue weighted by Gasteiger charge is -2.28. The monoisotopic (exact) mass is 510 g/mol. The second-order valence-corrected chi connectivity index (χ2v) is 9.35. The predicted octanol–water partition coefficient (Wildman–Crippen LogP) is 7.11. The highest BCUT2D eigenvalue weighted by atomic mass is 35.5. The van der Waals surface area contributed by atoms with Crippen molar-refractivity contribution in [3.8, 4) is 5.69 Å². The summed E-state index contributed by atoms with van der Waals surface area (Å²) < 4.78 is 17.1. The van der Waals surface area contributed by atoms with E-state index in [0.29, 0.717) is 20.8 Å². The van der Waals surface area contributed by atoms with Crippen LogP contribution in [0.25, 0.3) is 5.69 Å². The van der Waals surface area contributed by atoms with E-state index in [1.54, 1.807) is 30.5 Å². The minimum Gasteiger partial charge on any atom is -0.351 e. The van der Waals surface area contributed by atoms with E-state index < -0.39 is 0 Å². The third-order valence-corrected chi connectivity index (χ3v) is 7.29. The number of rotatable bonds is 4. The van der Waals surface area contributed by atoms with E-state index >= 15 is 0 Å². The van der Waals surface area contributed by atoms with E-state index in [9.17, 15) is 4.39 Å². The summed E-state index contributed by atoms with van der Waals surface area (Å²) in [5.74, 6) is -0.343. The maximum absolute atomic E-state index is 15.0. The molecular formula is C26H21Cl2FN4S. The van der Waals surface area contributed by atoms with Crippen molar-refractivity contribution < 1.29 is 4.39 Å². The number of aromatic nitrogens is 2. The molecule has 3 heterocycles. The Labute approximate surface area is 213 Å². The Hall–Kier alpha value is -2.93. The first kappa shape index (κ1) is 22.8. The molecular weight excluding hydrogens is 490 g/mol. The number of anilines is 1. The summed E-state index contributed by atoms with van der Waals surface area (Å²) in [6, 6.07) is 19.5. The van der Waals surface area contributed by atoms with E-state index in [-0.39, 0.29) is 17.9 Å². The summed E-state index contributed by atoms with van der Waals surface area (Å²) in [5, 5.41) is 4.78. The van der Waals surface area contributed by atoms with Crippen LogP contribution < -0.4 is 10.2 Å². The van der Waals surface area contributed by atoms with Crippen LogP contribution in [0.4, 0.5) is 10.1 Å². The fourth-order valence-electron chi connectivity index (χ4n) is 4.70. The molecule has 34 heavy (non-hydrogen) atoms. The van der Waals surface area contributed by atoms with Gasteiger partial charge in [0.2, 0.25) is 0 Å². The normalized spacial score (nSPS) is 17.8. The number of nitrogens with one attached hydrogen (secondary N) is 1. The molecule has 1 aliphatic rings. The number of aryl methyl sites for hydroxylation is 1. The summed E-state index contributed by atoms with van der Waals surface area (Å²) in [4.78, 5) is 6.42. The first-order chi connectivity index (χ1) is 16.4. The molecule has 1 N–H and O–H groups in total. The molecule has 0 bridgehead atoms. The average Bonchev–Trinajstić information content (AvgIpc) is 3.32. The number of hydrogen-bond acceptors (Lipinski definition) is 2. The quantitative estimate of drug-likeness (QED) is 0.296. The van der Waals surface area contributed by atoms with Crippen LogP contribution in [0, 0.1) is 19.7 Å². The SMILES string of the molecule is Cc1cc([C@@H]2[C@@H](c3ccccn3)NC(=S)N2c2ccccc2F)c(C)n1-c1cccc(Cl)c1Cl. The van der Waals surface area contributed by atoms with Gasteiger partial charge in [-0.15, -0.1) is 0 Å². The van der Waals surface area contributed by atoms with Crippen molar-refractivity contribution in [3.05, 3.63) is 111 Å². The summed E-state index contributed by atoms with van der Waals surface area (Å²) >= 11 is 18.6. The number of hydrogen-bond donors (Lipinski definition) is 1. The Morgan fingerprint density at radius 2 is 1.71 bits per heavy atom. The average molecular weight is 511 g/mol. The van der Waals surface area contributed by atoms with Crippen LogP contribution in [0.1, 0.15) is 34.7 Å². The molecule has 0 radical (unpaired) electrons. The fourth-order valence-corrected chi connectivity index (χ4v) is 5.42. The molecule has 4 aromatic rings. The molecule has 5 rings (SSSR count). The van der Waals surface area contributed by atoms with Crippen molar-refractivity contribution in [2.24, 2.45) is 0 Å². The van der Waals surface area contributed by atoms with Gasteiger partial charge in [0.05, 0.1) is 39.2 Å². The van der Waals surface area contributed by atoms with E-state index in [1.165, 1.54) is 6.07 Å². The van der Waals surface area contributed by atoms with Crippen LogP contribution in [0.2, 0.25) is 10.0 Å². The lowest BCUT2D eigenvalue weighted by Crippen LogP contribution is -2.30. The van der Waals surface area contributed by atoms with Crippen LogP contribution >= 0.6 is 35.4 Å². The molecule has 2 atom stereocenters. The van der Waals surface area contributed by atoms with Crippen LogP contribution in [-0.4, -0.2) is 14.7 Å². The van der Waals surface area contributed by atoms with Gasteiger partial charge in [0, 0.05) is 17.6 Å².